The maximum atomic E-state index is 12.8. The fourth-order valence-corrected chi connectivity index (χ4v) is 2.51. The first-order chi connectivity index (χ1) is 11.7. The third kappa shape index (κ3) is 6.88. The molecule has 0 bridgehead atoms. The number of piperazine rings is 1. The minimum absolute atomic E-state index is 0.137. The molecule has 1 aliphatic heterocycles. The first kappa shape index (κ1) is 19.5. The zero-order valence-electron chi connectivity index (χ0n) is 15.1. The molecular weight excluding hydrogens is 327 g/mol. The van der Waals surface area contributed by atoms with Crippen molar-refractivity contribution in [2.24, 2.45) is 0 Å². The van der Waals surface area contributed by atoms with E-state index in [9.17, 15) is 14.3 Å². The van der Waals surface area contributed by atoms with Crippen LogP contribution in [0.4, 0.5) is 9.18 Å². The number of aliphatic hydroxyl groups is 1. The average molecular weight is 354 g/mol. The Morgan fingerprint density at radius 2 is 1.80 bits per heavy atom. The first-order valence-electron chi connectivity index (χ1n) is 8.49. The number of halogens is 1. The van der Waals surface area contributed by atoms with Crippen molar-refractivity contribution in [2.45, 2.75) is 32.5 Å². The molecule has 0 aromatic heterocycles. The highest BCUT2D eigenvalue weighted by Crippen LogP contribution is 2.13. The van der Waals surface area contributed by atoms with Crippen molar-refractivity contribution in [3.63, 3.8) is 0 Å². The van der Waals surface area contributed by atoms with Gasteiger partial charge in [0, 0.05) is 32.7 Å². The van der Waals surface area contributed by atoms with Gasteiger partial charge in [0.2, 0.25) is 0 Å². The molecule has 1 saturated heterocycles. The molecule has 1 fully saturated rings. The minimum atomic E-state index is -0.655. The molecule has 1 heterocycles. The number of ether oxygens (including phenoxy) is 2. The summed E-state index contributed by atoms with van der Waals surface area (Å²) in [6.45, 7) is 8.62. The minimum Gasteiger partial charge on any atom is -0.491 e. The molecule has 0 radical (unpaired) electrons. The third-order valence-electron chi connectivity index (χ3n) is 3.75. The lowest BCUT2D eigenvalue weighted by molar-refractivity contribution is 0.00713. The van der Waals surface area contributed by atoms with E-state index in [0.29, 0.717) is 38.5 Å². The number of benzene rings is 1. The molecule has 0 saturated carbocycles. The van der Waals surface area contributed by atoms with E-state index in [4.69, 9.17) is 9.47 Å². The summed E-state index contributed by atoms with van der Waals surface area (Å²) in [5, 5.41) is 10.1. The van der Waals surface area contributed by atoms with Gasteiger partial charge in [0.15, 0.2) is 0 Å². The van der Waals surface area contributed by atoms with Crippen molar-refractivity contribution in [2.75, 3.05) is 39.3 Å². The Morgan fingerprint density at radius 1 is 1.20 bits per heavy atom. The number of hydrogen-bond donors (Lipinski definition) is 1. The molecule has 140 valence electrons. The molecule has 7 heteroatoms. The van der Waals surface area contributed by atoms with E-state index >= 15 is 0 Å². The summed E-state index contributed by atoms with van der Waals surface area (Å²) in [4.78, 5) is 15.8. The predicted molar refractivity (Wildman–Crippen MR) is 92.1 cm³/mol. The Hall–Kier alpha value is -1.86. The number of nitrogens with zero attached hydrogens (tertiary/aromatic N) is 2. The van der Waals surface area contributed by atoms with Crippen molar-refractivity contribution in [1.82, 2.24) is 9.80 Å². The third-order valence-corrected chi connectivity index (χ3v) is 3.75. The highest BCUT2D eigenvalue weighted by molar-refractivity contribution is 5.68. The lowest BCUT2D eigenvalue weighted by atomic mass is 10.2. The molecule has 1 unspecified atom stereocenters. The first-order valence-corrected chi connectivity index (χ1v) is 8.49. The summed E-state index contributed by atoms with van der Waals surface area (Å²) in [6.07, 6.45) is -0.953. The van der Waals surface area contributed by atoms with Crippen molar-refractivity contribution >= 4 is 6.09 Å². The number of hydrogen-bond acceptors (Lipinski definition) is 5. The van der Waals surface area contributed by atoms with Crippen LogP contribution < -0.4 is 4.74 Å². The van der Waals surface area contributed by atoms with Gasteiger partial charge < -0.3 is 19.5 Å². The van der Waals surface area contributed by atoms with Crippen LogP contribution in [-0.2, 0) is 4.74 Å². The molecule has 0 aliphatic carbocycles. The standard InChI is InChI=1S/C18H27FN2O4/c1-18(2,3)25-17(23)21-10-8-20(9-11-21)12-15(22)13-24-16-6-4-14(19)5-7-16/h4-7,15,22H,8-13H2,1-3H3. The summed E-state index contributed by atoms with van der Waals surface area (Å²) in [5.74, 6) is 0.200. The molecule has 25 heavy (non-hydrogen) atoms. The molecular formula is C18H27FN2O4. The maximum absolute atomic E-state index is 12.8. The molecule has 1 amide bonds. The van der Waals surface area contributed by atoms with Crippen LogP contribution in [0.25, 0.3) is 0 Å². The van der Waals surface area contributed by atoms with E-state index in [1.807, 2.05) is 20.8 Å². The molecule has 1 aromatic carbocycles. The van der Waals surface area contributed by atoms with E-state index in [-0.39, 0.29) is 18.5 Å². The highest BCUT2D eigenvalue weighted by Gasteiger charge is 2.26. The summed E-state index contributed by atoms with van der Waals surface area (Å²) >= 11 is 0. The van der Waals surface area contributed by atoms with Gasteiger partial charge >= 0.3 is 6.09 Å². The van der Waals surface area contributed by atoms with Crippen LogP contribution in [0.3, 0.4) is 0 Å². The monoisotopic (exact) mass is 354 g/mol. The Kier molecular flexibility index (Phi) is 6.61. The Bertz CT molecular complexity index is 551. The fraction of sp³-hybridized carbons (Fsp3) is 0.611. The lowest BCUT2D eigenvalue weighted by Gasteiger charge is -2.36. The van der Waals surface area contributed by atoms with Crippen LogP contribution >= 0.6 is 0 Å². The molecule has 2 rings (SSSR count). The van der Waals surface area contributed by atoms with Crippen LogP contribution in [0.1, 0.15) is 20.8 Å². The van der Waals surface area contributed by atoms with Gasteiger partial charge in [0.1, 0.15) is 29.9 Å². The largest absolute Gasteiger partial charge is 0.491 e. The Labute approximate surface area is 148 Å². The number of amides is 1. The van der Waals surface area contributed by atoms with Crippen LogP contribution in [0.2, 0.25) is 0 Å². The van der Waals surface area contributed by atoms with E-state index in [1.165, 1.54) is 24.3 Å². The number of rotatable bonds is 5. The highest BCUT2D eigenvalue weighted by atomic mass is 19.1. The maximum Gasteiger partial charge on any atom is 0.410 e. The molecule has 1 atom stereocenters. The van der Waals surface area contributed by atoms with Crippen molar-refractivity contribution in [1.29, 1.82) is 0 Å². The van der Waals surface area contributed by atoms with Crippen LogP contribution in [-0.4, -0.2) is 72.0 Å². The summed E-state index contributed by atoms with van der Waals surface area (Å²) in [7, 11) is 0. The van der Waals surface area contributed by atoms with Gasteiger partial charge in [-0.3, -0.25) is 4.90 Å². The fourth-order valence-electron chi connectivity index (χ4n) is 2.51. The van der Waals surface area contributed by atoms with Gasteiger partial charge in [-0.1, -0.05) is 0 Å². The van der Waals surface area contributed by atoms with E-state index in [2.05, 4.69) is 4.90 Å². The topological polar surface area (TPSA) is 62.2 Å². The Balaban J connectivity index is 1.68. The SMILES string of the molecule is CC(C)(C)OC(=O)N1CCN(CC(O)COc2ccc(F)cc2)CC1. The summed E-state index contributed by atoms with van der Waals surface area (Å²) < 4.78 is 23.6. The second-order valence-corrected chi connectivity index (χ2v) is 7.19. The van der Waals surface area contributed by atoms with Crippen LogP contribution in [0.5, 0.6) is 5.75 Å². The second-order valence-electron chi connectivity index (χ2n) is 7.19. The second kappa shape index (κ2) is 8.49. The van der Waals surface area contributed by atoms with Gasteiger partial charge in [0.25, 0.3) is 0 Å². The molecule has 6 nitrogen and oxygen atoms in total. The number of carbonyl (C=O) groups excluding carboxylic acids is 1. The smallest absolute Gasteiger partial charge is 0.410 e. The molecule has 0 spiro atoms. The van der Waals surface area contributed by atoms with Gasteiger partial charge in [-0.15, -0.1) is 0 Å². The van der Waals surface area contributed by atoms with Crippen LogP contribution in [0, 0.1) is 5.82 Å². The Morgan fingerprint density at radius 3 is 2.36 bits per heavy atom. The molecule has 1 aromatic rings. The van der Waals surface area contributed by atoms with Crippen molar-refractivity contribution < 1.29 is 23.8 Å². The van der Waals surface area contributed by atoms with E-state index < -0.39 is 11.7 Å². The summed E-state index contributed by atoms with van der Waals surface area (Å²) in [6, 6.07) is 5.69. The van der Waals surface area contributed by atoms with Gasteiger partial charge in [-0.25, -0.2) is 9.18 Å². The van der Waals surface area contributed by atoms with Gasteiger partial charge in [-0.05, 0) is 45.0 Å². The lowest BCUT2D eigenvalue weighted by Crippen LogP contribution is -2.51. The number of β-amino-alcohol motifs (C(OH)–C–C–N with tert-alkyl or cyclic N) is 1. The van der Waals surface area contributed by atoms with Crippen LogP contribution in [0.15, 0.2) is 24.3 Å². The number of aliphatic hydroxyl groups excluding tert-OH is 1. The summed E-state index contributed by atoms with van der Waals surface area (Å²) in [5.41, 5.74) is -0.498. The van der Waals surface area contributed by atoms with E-state index in [0.717, 1.165) is 0 Å². The zero-order chi connectivity index (χ0) is 18.4. The van der Waals surface area contributed by atoms with E-state index in [1.54, 1.807) is 4.90 Å². The predicted octanol–water partition coefficient (Wildman–Crippen LogP) is 2.12. The van der Waals surface area contributed by atoms with Crippen molar-refractivity contribution in [3.8, 4) is 5.75 Å². The normalized spacial score (nSPS) is 17.2. The average Bonchev–Trinajstić information content (AvgIpc) is 2.53. The van der Waals surface area contributed by atoms with Gasteiger partial charge in [-0.2, -0.15) is 0 Å². The van der Waals surface area contributed by atoms with Gasteiger partial charge in [0.05, 0.1) is 0 Å². The zero-order valence-corrected chi connectivity index (χ0v) is 15.1. The van der Waals surface area contributed by atoms with Crippen molar-refractivity contribution in [3.05, 3.63) is 30.1 Å². The molecule has 1 aliphatic rings. The molecule has 1 N–H and O–H groups in total. The quantitative estimate of drug-likeness (QED) is 0.878. The number of carbonyl (C=O) groups is 1.